The topological polar surface area (TPSA) is 60.8 Å². The highest BCUT2D eigenvalue weighted by atomic mass is 19.3. The lowest BCUT2D eigenvalue weighted by molar-refractivity contribution is 0.0741. The van der Waals surface area contributed by atoms with Gasteiger partial charge in [-0.25, -0.2) is 8.78 Å². The van der Waals surface area contributed by atoms with Crippen LogP contribution in [0.2, 0.25) is 0 Å². The second-order valence-corrected chi connectivity index (χ2v) is 4.25. The van der Waals surface area contributed by atoms with E-state index >= 15 is 0 Å². The average molecular weight is 273 g/mol. The monoisotopic (exact) mass is 273 g/mol. The fraction of sp³-hybridized carbons (Fsp3) is 0.462. The molecule has 6 heteroatoms. The molecular formula is C13H17F2NO3. The Morgan fingerprint density at radius 3 is 2.63 bits per heavy atom. The molecule has 1 rings (SSSR count). The highest BCUT2D eigenvalue weighted by molar-refractivity contribution is 5.94. The molecule has 0 radical (unpaired) electrons. The van der Waals surface area contributed by atoms with Crippen LogP contribution in [0.25, 0.3) is 0 Å². The maximum absolute atomic E-state index is 12.4. The van der Waals surface area contributed by atoms with Crippen molar-refractivity contribution in [1.29, 1.82) is 0 Å². The predicted molar refractivity (Wildman–Crippen MR) is 66.5 cm³/mol. The number of hydrogen-bond donors (Lipinski definition) is 2. The number of Topliss-reactive ketones (excluding diaryl/α,β-unsaturated/α-hetero) is 1. The molecule has 0 aliphatic carbocycles. The van der Waals surface area contributed by atoms with Gasteiger partial charge >= 0.3 is 0 Å². The van der Waals surface area contributed by atoms with Crippen LogP contribution in [-0.4, -0.2) is 47.0 Å². The summed E-state index contributed by atoms with van der Waals surface area (Å²) in [5.74, 6) is -0.217. The normalized spacial score (nSPS) is 11.3. The average Bonchev–Trinajstić information content (AvgIpc) is 2.31. The summed E-state index contributed by atoms with van der Waals surface area (Å²) in [4.78, 5) is 12.6. The van der Waals surface area contributed by atoms with Crippen LogP contribution in [0.15, 0.2) is 18.2 Å². The first-order valence-corrected chi connectivity index (χ1v) is 5.88. The number of aliphatic hydroxyl groups is 1. The molecule has 0 bridgehead atoms. The van der Waals surface area contributed by atoms with Crippen molar-refractivity contribution in [1.82, 2.24) is 4.90 Å². The van der Waals surface area contributed by atoms with Crippen molar-refractivity contribution in [3.63, 3.8) is 0 Å². The number of rotatable bonds is 7. The summed E-state index contributed by atoms with van der Waals surface area (Å²) in [5, 5.41) is 18.5. The largest absolute Gasteiger partial charge is 0.508 e. The van der Waals surface area contributed by atoms with E-state index in [1.807, 2.05) is 0 Å². The fourth-order valence-corrected chi connectivity index (χ4v) is 1.74. The van der Waals surface area contributed by atoms with Crippen molar-refractivity contribution in [3.05, 3.63) is 29.3 Å². The van der Waals surface area contributed by atoms with Gasteiger partial charge in [0.25, 0.3) is 6.43 Å². The summed E-state index contributed by atoms with van der Waals surface area (Å²) in [5.41, 5.74) is 0.801. The molecule has 0 atom stereocenters. The van der Waals surface area contributed by atoms with Gasteiger partial charge < -0.3 is 10.2 Å². The van der Waals surface area contributed by atoms with E-state index in [4.69, 9.17) is 5.11 Å². The molecule has 0 spiro atoms. The molecule has 0 aliphatic rings. The highest BCUT2D eigenvalue weighted by Crippen LogP contribution is 2.21. The third-order valence-electron chi connectivity index (χ3n) is 2.69. The molecule has 0 aromatic heterocycles. The second-order valence-electron chi connectivity index (χ2n) is 4.25. The number of halogens is 2. The first-order chi connectivity index (χ1) is 8.93. The summed E-state index contributed by atoms with van der Waals surface area (Å²) >= 11 is 0. The van der Waals surface area contributed by atoms with Crippen LogP contribution in [-0.2, 0) is 6.54 Å². The smallest absolute Gasteiger partial charge is 0.251 e. The number of carbonyl (C=O) groups excluding carboxylic acids is 1. The minimum absolute atomic E-state index is 0.0534. The number of aromatic hydroxyl groups is 1. The summed E-state index contributed by atoms with van der Waals surface area (Å²) < 4.78 is 24.8. The van der Waals surface area contributed by atoms with Crippen LogP contribution in [0, 0.1) is 0 Å². The number of nitrogens with zero attached hydrogens (tertiary/aromatic N) is 1. The Balaban J connectivity index is 2.88. The van der Waals surface area contributed by atoms with Crippen LogP contribution >= 0.6 is 0 Å². The quantitative estimate of drug-likeness (QED) is 0.742. The van der Waals surface area contributed by atoms with Crippen molar-refractivity contribution in [2.24, 2.45) is 0 Å². The van der Waals surface area contributed by atoms with Crippen LogP contribution < -0.4 is 0 Å². The Hall–Kier alpha value is -1.53. The Bertz CT molecular complexity index is 438. The number of ketones is 1. The van der Waals surface area contributed by atoms with Gasteiger partial charge in [-0.3, -0.25) is 9.69 Å². The molecule has 0 aliphatic heterocycles. The molecule has 1 aromatic carbocycles. The Morgan fingerprint density at radius 1 is 1.42 bits per heavy atom. The second kappa shape index (κ2) is 7.16. The summed E-state index contributed by atoms with van der Waals surface area (Å²) in [7, 11) is 0. The maximum Gasteiger partial charge on any atom is 0.251 e. The number of benzene rings is 1. The third-order valence-corrected chi connectivity index (χ3v) is 2.69. The lowest BCUT2D eigenvalue weighted by Crippen LogP contribution is -2.31. The lowest BCUT2D eigenvalue weighted by atomic mass is 10.1. The van der Waals surface area contributed by atoms with E-state index in [2.05, 4.69) is 0 Å². The number of alkyl halides is 2. The van der Waals surface area contributed by atoms with Crippen LogP contribution in [0.3, 0.4) is 0 Å². The van der Waals surface area contributed by atoms with Gasteiger partial charge in [0, 0.05) is 24.2 Å². The molecule has 0 saturated carbocycles. The molecule has 0 amide bonds. The van der Waals surface area contributed by atoms with Gasteiger partial charge in [-0.15, -0.1) is 0 Å². The first kappa shape index (κ1) is 15.5. The van der Waals surface area contributed by atoms with E-state index in [0.717, 1.165) is 0 Å². The highest BCUT2D eigenvalue weighted by Gasteiger charge is 2.14. The van der Waals surface area contributed by atoms with E-state index in [1.54, 1.807) is 0 Å². The SMILES string of the molecule is CC(=O)c1ccc(O)c(CN(CCO)CC(F)F)c1. The van der Waals surface area contributed by atoms with Crippen molar-refractivity contribution >= 4 is 5.78 Å². The predicted octanol–water partition coefficient (Wildman–Crippen LogP) is 1.65. The minimum atomic E-state index is -2.52. The fourth-order valence-electron chi connectivity index (χ4n) is 1.74. The van der Waals surface area contributed by atoms with Gasteiger partial charge in [0.05, 0.1) is 13.2 Å². The molecule has 2 N–H and O–H groups in total. The molecule has 0 unspecified atom stereocenters. The molecule has 0 fully saturated rings. The zero-order chi connectivity index (χ0) is 14.4. The lowest BCUT2D eigenvalue weighted by Gasteiger charge is -2.21. The van der Waals surface area contributed by atoms with E-state index in [9.17, 15) is 18.7 Å². The summed E-state index contributed by atoms with van der Waals surface area (Å²) in [6.07, 6.45) is -2.52. The van der Waals surface area contributed by atoms with Crippen molar-refractivity contribution in [2.75, 3.05) is 19.7 Å². The summed E-state index contributed by atoms with van der Waals surface area (Å²) in [6, 6.07) is 4.32. The maximum atomic E-state index is 12.4. The Labute approximate surface area is 110 Å². The number of phenolic OH excluding ortho intramolecular Hbond substituents is 1. The van der Waals surface area contributed by atoms with Gasteiger partial charge in [-0.05, 0) is 25.1 Å². The standard InChI is InChI=1S/C13H17F2NO3/c1-9(18)10-2-3-12(19)11(6-10)7-16(4-5-17)8-13(14)15/h2-3,6,13,17,19H,4-5,7-8H2,1H3. The van der Waals surface area contributed by atoms with Crippen molar-refractivity contribution in [2.45, 2.75) is 19.9 Å². The Kier molecular flexibility index (Phi) is 5.85. The van der Waals surface area contributed by atoms with E-state index in [1.165, 1.54) is 30.0 Å². The van der Waals surface area contributed by atoms with Crippen LogP contribution in [0.1, 0.15) is 22.8 Å². The van der Waals surface area contributed by atoms with Crippen LogP contribution in [0.4, 0.5) is 8.78 Å². The zero-order valence-corrected chi connectivity index (χ0v) is 10.6. The van der Waals surface area contributed by atoms with Gasteiger partial charge in [0.1, 0.15) is 5.75 Å². The van der Waals surface area contributed by atoms with Gasteiger partial charge in [0.15, 0.2) is 5.78 Å². The first-order valence-electron chi connectivity index (χ1n) is 5.88. The third kappa shape index (κ3) is 4.92. The minimum Gasteiger partial charge on any atom is -0.508 e. The molecule has 19 heavy (non-hydrogen) atoms. The number of phenols is 1. The molecular weight excluding hydrogens is 256 g/mol. The van der Waals surface area contributed by atoms with Crippen molar-refractivity contribution < 1.29 is 23.8 Å². The Morgan fingerprint density at radius 2 is 2.11 bits per heavy atom. The number of aliphatic hydroxyl groups excluding tert-OH is 1. The zero-order valence-electron chi connectivity index (χ0n) is 10.6. The van der Waals surface area contributed by atoms with E-state index in [-0.39, 0.29) is 31.2 Å². The summed E-state index contributed by atoms with van der Waals surface area (Å²) in [6.45, 7) is 0.775. The van der Waals surface area contributed by atoms with Gasteiger partial charge in [0.2, 0.25) is 0 Å². The van der Waals surface area contributed by atoms with E-state index in [0.29, 0.717) is 11.1 Å². The molecule has 4 nitrogen and oxygen atoms in total. The van der Waals surface area contributed by atoms with Gasteiger partial charge in [-0.1, -0.05) is 0 Å². The van der Waals surface area contributed by atoms with Gasteiger partial charge in [-0.2, -0.15) is 0 Å². The van der Waals surface area contributed by atoms with Crippen molar-refractivity contribution in [3.8, 4) is 5.75 Å². The molecule has 106 valence electrons. The number of carbonyl (C=O) groups is 1. The van der Waals surface area contributed by atoms with E-state index < -0.39 is 13.0 Å². The molecule has 0 saturated heterocycles. The molecule has 1 aromatic rings. The molecule has 0 heterocycles. The van der Waals surface area contributed by atoms with Crippen LogP contribution in [0.5, 0.6) is 5.75 Å². The number of hydrogen-bond acceptors (Lipinski definition) is 4.